The molecule has 1 saturated heterocycles. The molecule has 0 bridgehead atoms. The second-order valence-corrected chi connectivity index (χ2v) is 7.74. The van der Waals surface area contributed by atoms with Crippen LogP contribution in [0.5, 0.6) is 0 Å². The molecule has 7 heteroatoms. The van der Waals surface area contributed by atoms with Gasteiger partial charge in [0, 0.05) is 19.1 Å². The third kappa shape index (κ3) is 5.38. The van der Waals surface area contributed by atoms with Crippen molar-refractivity contribution in [2.45, 2.75) is 51.6 Å². The molecule has 6 nitrogen and oxygen atoms in total. The van der Waals surface area contributed by atoms with Crippen LogP contribution in [0.25, 0.3) is 0 Å². The van der Waals surface area contributed by atoms with Crippen LogP contribution in [0.1, 0.15) is 39.5 Å². The van der Waals surface area contributed by atoms with Crippen molar-refractivity contribution in [3.8, 4) is 0 Å². The Balaban J connectivity index is 2.60. The summed E-state index contributed by atoms with van der Waals surface area (Å²) in [5, 5.41) is 0. The number of likely N-dealkylation sites (tertiary alicyclic amines) is 1. The molecule has 0 radical (unpaired) electrons. The maximum atomic E-state index is 12.4. The minimum Gasteiger partial charge on any atom is -0.338 e. The molecule has 0 aromatic carbocycles. The van der Waals surface area contributed by atoms with E-state index in [4.69, 9.17) is 5.73 Å². The van der Waals surface area contributed by atoms with E-state index in [-0.39, 0.29) is 17.9 Å². The van der Waals surface area contributed by atoms with E-state index in [1.54, 1.807) is 0 Å². The normalized spacial score (nSPS) is 22.1. The molecule has 1 heterocycles. The van der Waals surface area contributed by atoms with Crippen LogP contribution in [-0.2, 0) is 14.8 Å². The van der Waals surface area contributed by atoms with E-state index in [1.807, 2.05) is 18.7 Å². The van der Waals surface area contributed by atoms with Gasteiger partial charge in [0.2, 0.25) is 15.9 Å². The zero-order valence-corrected chi connectivity index (χ0v) is 13.4. The summed E-state index contributed by atoms with van der Waals surface area (Å²) in [7, 11) is -3.17. The van der Waals surface area contributed by atoms with E-state index in [0.29, 0.717) is 13.0 Å². The molecule has 1 amide bonds. The Hall–Kier alpha value is -0.660. The highest BCUT2D eigenvalue weighted by Crippen LogP contribution is 2.21. The predicted octanol–water partition coefficient (Wildman–Crippen LogP) is 0.290. The van der Waals surface area contributed by atoms with Crippen molar-refractivity contribution in [2.24, 2.45) is 11.7 Å². The van der Waals surface area contributed by atoms with Gasteiger partial charge in [-0.2, -0.15) is 0 Å². The number of carbonyl (C=O) groups excluding carboxylic acids is 1. The predicted molar refractivity (Wildman–Crippen MR) is 79.6 cm³/mol. The van der Waals surface area contributed by atoms with E-state index in [2.05, 4.69) is 4.72 Å². The zero-order chi connectivity index (χ0) is 15.3. The summed E-state index contributed by atoms with van der Waals surface area (Å²) in [5.41, 5.74) is 5.95. The molecular weight excluding hydrogens is 278 g/mol. The Kier molecular flexibility index (Phi) is 6.42. The van der Waals surface area contributed by atoms with Gasteiger partial charge < -0.3 is 10.6 Å². The second kappa shape index (κ2) is 7.38. The number of hydrogen-bond acceptors (Lipinski definition) is 4. The van der Waals surface area contributed by atoms with E-state index >= 15 is 0 Å². The standard InChI is InChI=1S/C13H27N3O3S/c1-10(2)12(14)13(17)16-9-5-4-6-11(16)7-8-15-20(3,18)19/h10-12,15H,4-9,14H2,1-3H3/t11?,12-/m0/s1. The van der Waals surface area contributed by atoms with E-state index in [1.165, 1.54) is 0 Å². The quantitative estimate of drug-likeness (QED) is 0.737. The molecule has 0 aromatic heterocycles. The number of nitrogens with two attached hydrogens (primary N) is 1. The van der Waals surface area contributed by atoms with Gasteiger partial charge in [-0.15, -0.1) is 0 Å². The van der Waals surface area contributed by atoms with Gasteiger partial charge in [-0.25, -0.2) is 13.1 Å². The average Bonchev–Trinajstić information content (AvgIpc) is 2.36. The highest BCUT2D eigenvalue weighted by Gasteiger charge is 2.30. The minimum atomic E-state index is -3.17. The first-order valence-electron chi connectivity index (χ1n) is 7.23. The Morgan fingerprint density at radius 1 is 1.40 bits per heavy atom. The van der Waals surface area contributed by atoms with Gasteiger partial charge >= 0.3 is 0 Å². The lowest BCUT2D eigenvalue weighted by molar-refractivity contribution is -0.137. The second-order valence-electron chi connectivity index (χ2n) is 5.91. The molecule has 1 rings (SSSR count). The van der Waals surface area contributed by atoms with Crippen molar-refractivity contribution in [2.75, 3.05) is 19.3 Å². The Morgan fingerprint density at radius 3 is 2.60 bits per heavy atom. The third-order valence-electron chi connectivity index (χ3n) is 3.76. The summed E-state index contributed by atoms with van der Waals surface area (Å²) in [4.78, 5) is 14.2. The average molecular weight is 305 g/mol. The van der Waals surface area contributed by atoms with Gasteiger partial charge in [0.15, 0.2) is 0 Å². The monoisotopic (exact) mass is 305 g/mol. The number of hydrogen-bond donors (Lipinski definition) is 2. The van der Waals surface area contributed by atoms with E-state index in [0.717, 1.165) is 32.1 Å². The third-order valence-corrected chi connectivity index (χ3v) is 4.48. The van der Waals surface area contributed by atoms with Crippen molar-refractivity contribution in [3.63, 3.8) is 0 Å². The Morgan fingerprint density at radius 2 is 2.05 bits per heavy atom. The summed E-state index contributed by atoms with van der Waals surface area (Å²) in [6.45, 7) is 4.96. The highest BCUT2D eigenvalue weighted by atomic mass is 32.2. The summed E-state index contributed by atoms with van der Waals surface area (Å²) in [5.74, 6) is 0.100. The number of nitrogens with one attached hydrogen (secondary N) is 1. The van der Waals surface area contributed by atoms with Crippen molar-refractivity contribution < 1.29 is 13.2 Å². The minimum absolute atomic E-state index is 0.0101. The number of carbonyl (C=O) groups is 1. The molecule has 0 aromatic rings. The first kappa shape index (κ1) is 17.4. The number of sulfonamides is 1. The summed E-state index contributed by atoms with van der Waals surface area (Å²) >= 11 is 0. The van der Waals surface area contributed by atoms with Crippen LogP contribution in [-0.4, -0.2) is 50.7 Å². The van der Waals surface area contributed by atoms with Crippen LogP contribution in [0.15, 0.2) is 0 Å². The summed E-state index contributed by atoms with van der Waals surface area (Å²) in [6.07, 6.45) is 4.77. The molecule has 3 N–H and O–H groups in total. The molecule has 1 fully saturated rings. The molecule has 1 unspecified atom stereocenters. The number of nitrogens with zero attached hydrogens (tertiary/aromatic N) is 1. The van der Waals surface area contributed by atoms with E-state index in [9.17, 15) is 13.2 Å². The van der Waals surface area contributed by atoms with Gasteiger partial charge in [0.1, 0.15) is 0 Å². The fourth-order valence-electron chi connectivity index (χ4n) is 2.48. The zero-order valence-electron chi connectivity index (χ0n) is 12.6. The Labute approximate surface area is 122 Å². The first-order valence-corrected chi connectivity index (χ1v) is 9.12. The molecule has 118 valence electrons. The number of amides is 1. The molecule has 20 heavy (non-hydrogen) atoms. The van der Waals surface area contributed by atoms with Crippen molar-refractivity contribution in [1.82, 2.24) is 9.62 Å². The van der Waals surface area contributed by atoms with Crippen LogP contribution in [0.3, 0.4) is 0 Å². The smallest absolute Gasteiger partial charge is 0.239 e. The maximum absolute atomic E-state index is 12.4. The van der Waals surface area contributed by atoms with Crippen LogP contribution in [0.2, 0.25) is 0 Å². The van der Waals surface area contributed by atoms with Gasteiger partial charge in [0.05, 0.1) is 12.3 Å². The van der Waals surface area contributed by atoms with Crippen LogP contribution in [0, 0.1) is 5.92 Å². The van der Waals surface area contributed by atoms with Gasteiger partial charge in [0.25, 0.3) is 0 Å². The number of piperidine rings is 1. The molecular formula is C13H27N3O3S. The lowest BCUT2D eigenvalue weighted by Crippen LogP contribution is -2.53. The summed E-state index contributed by atoms with van der Waals surface area (Å²) < 4.78 is 24.6. The molecule has 1 aliphatic heterocycles. The topological polar surface area (TPSA) is 92.5 Å². The molecule has 2 atom stereocenters. The van der Waals surface area contributed by atoms with E-state index < -0.39 is 16.1 Å². The first-order chi connectivity index (χ1) is 9.22. The van der Waals surface area contributed by atoms with Gasteiger partial charge in [-0.05, 0) is 31.6 Å². The van der Waals surface area contributed by atoms with Gasteiger partial charge in [-0.3, -0.25) is 4.79 Å². The maximum Gasteiger partial charge on any atom is 0.239 e. The largest absolute Gasteiger partial charge is 0.338 e. The van der Waals surface area contributed by atoms with Crippen molar-refractivity contribution in [1.29, 1.82) is 0 Å². The number of rotatable bonds is 6. The highest BCUT2D eigenvalue weighted by molar-refractivity contribution is 7.88. The van der Waals surface area contributed by atoms with Crippen LogP contribution in [0.4, 0.5) is 0 Å². The SMILES string of the molecule is CC(C)[C@H](N)C(=O)N1CCCCC1CCNS(C)(=O)=O. The van der Waals surface area contributed by atoms with Crippen LogP contribution >= 0.6 is 0 Å². The summed E-state index contributed by atoms with van der Waals surface area (Å²) in [6, 6.07) is -0.381. The molecule has 0 aliphatic carbocycles. The lowest BCUT2D eigenvalue weighted by atomic mass is 9.96. The fourth-order valence-corrected chi connectivity index (χ4v) is 2.97. The van der Waals surface area contributed by atoms with Crippen molar-refractivity contribution >= 4 is 15.9 Å². The molecule has 1 aliphatic rings. The fraction of sp³-hybridized carbons (Fsp3) is 0.923. The van der Waals surface area contributed by atoms with Crippen LogP contribution < -0.4 is 10.5 Å². The lowest BCUT2D eigenvalue weighted by Gasteiger charge is -2.38. The molecule has 0 spiro atoms. The van der Waals surface area contributed by atoms with Gasteiger partial charge in [-0.1, -0.05) is 13.8 Å². The van der Waals surface area contributed by atoms with Crippen molar-refractivity contribution in [3.05, 3.63) is 0 Å². The Bertz CT molecular complexity index is 423. The molecule has 0 saturated carbocycles.